The zero-order chi connectivity index (χ0) is 13.0. The molecule has 0 unspecified atom stereocenters. The third-order valence-corrected chi connectivity index (χ3v) is 3.95. The molecule has 1 aliphatic carbocycles. The molecule has 0 spiro atoms. The maximum atomic E-state index is 12.0. The van der Waals surface area contributed by atoms with Crippen molar-refractivity contribution in [1.82, 2.24) is 15.5 Å². The number of aliphatic hydroxyl groups excluding tert-OH is 1. The van der Waals surface area contributed by atoms with Crippen molar-refractivity contribution in [2.24, 2.45) is 5.41 Å². The Labute approximate surface area is 107 Å². The highest BCUT2D eigenvalue weighted by Gasteiger charge is 2.31. The second kappa shape index (κ2) is 5.52. The van der Waals surface area contributed by atoms with Crippen molar-refractivity contribution in [2.45, 2.75) is 39.0 Å². The van der Waals surface area contributed by atoms with Gasteiger partial charge in [0.1, 0.15) is 0 Å². The van der Waals surface area contributed by atoms with Crippen LogP contribution in [0.4, 0.5) is 0 Å². The van der Waals surface area contributed by atoms with Crippen LogP contribution in [-0.2, 0) is 0 Å². The summed E-state index contributed by atoms with van der Waals surface area (Å²) in [5.41, 5.74) is 1.24. The summed E-state index contributed by atoms with van der Waals surface area (Å²) in [6.07, 6.45) is 7.04. The number of carbonyl (C=O) groups is 1. The molecule has 5 heteroatoms. The fraction of sp³-hybridized carbons (Fsp3) is 0.692. The van der Waals surface area contributed by atoms with Crippen molar-refractivity contribution in [3.05, 3.63) is 17.5 Å². The maximum Gasteiger partial charge on any atom is 0.254 e. The van der Waals surface area contributed by atoms with Gasteiger partial charge >= 0.3 is 0 Å². The van der Waals surface area contributed by atoms with Crippen LogP contribution in [0.5, 0.6) is 0 Å². The summed E-state index contributed by atoms with van der Waals surface area (Å²) in [5, 5.41) is 19.1. The Balaban J connectivity index is 1.94. The summed E-state index contributed by atoms with van der Waals surface area (Å²) >= 11 is 0. The number of nitrogens with zero attached hydrogens (tertiary/aromatic N) is 1. The lowest BCUT2D eigenvalue weighted by atomic mass is 9.74. The fourth-order valence-electron chi connectivity index (χ4n) is 2.64. The summed E-state index contributed by atoms with van der Waals surface area (Å²) < 4.78 is 0. The van der Waals surface area contributed by atoms with Crippen LogP contribution >= 0.6 is 0 Å². The largest absolute Gasteiger partial charge is 0.396 e. The van der Waals surface area contributed by atoms with Crippen LogP contribution in [-0.4, -0.2) is 34.4 Å². The van der Waals surface area contributed by atoms with Gasteiger partial charge in [0.05, 0.1) is 18.4 Å². The van der Waals surface area contributed by atoms with E-state index in [-0.39, 0.29) is 17.9 Å². The zero-order valence-corrected chi connectivity index (χ0v) is 10.8. The van der Waals surface area contributed by atoms with Gasteiger partial charge in [-0.25, -0.2) is 0 Å². The molecule has 1 aromatic rings. The fourth-order valence-corrected chi connectivity index (χ4v) is 2.64. The van der Waals surface area contributed by atoms with Gasteiger partial charge in [-0.2, -0.15) is 5.10 Å². The first kappa shape index (κ1) is 13.1. The maximum absolute atomic E-state index is 12.0. The predicted octanol–water partition coefficient (Wildman–Crippen LogP) is 1.39. The number of nitrogens with one attached hydrogen (secondary N) is 2. The molecule has 1 amide bonds. The van der Waals surface area contributed by atoms with Crippen LogP contribution in [0.15, 0.2) is 6.20 Å². The Bertz CT molecular complexity index is 408. The first-order valence-electron chi connectivity index (χ1n) is 6.56. The van der Waals surface area contributed by atoms with E-state index >= 15 is 0 Å². The molecule has 1 fully saturated rings. The Morgan fingerprint density at radius 1 is 1.50 bits per heavy atom. The molecule has 18 heavy (non-hydrogen) atoms. The minimum Gasteiger partial charge on any atom is -0.396 e. The summed E-state index contributed by atoms with van der Waals surface area (Å²) in [6.45, 7) is 2.52. The van der Waals surface area contributed by atoms with Gasteiger partial charge in [-0.3, -0.25) is 9.89 Å². The lowest BCUT2D eigenvalue weighted by Gasteiger charge is -2.35. The van der Waals surface area contributed by atoms with E-state index in [1.54, 1.807) is 0 Å². The average Bonchev–Trinajstić information content (AvgIpc) is 2.83. The average molecular weight is 251 g/mol. The van der Waals surface area contributed by atoms with E-state index in [0.717, 1.165) is 31.4 Å². The van der Waals surface area contributed by atoms with Crippen LogP contribution in [0.1, 0.15) is 48.2 Å². The molecule has 1 aliphatic rings. The first-order valence-corrected chi connectivity index (χ1v) is 6.56. The number of hydrogen-bond acceptors (Lipinski definition) is 3. The first-order chi connectivity index (χ1) is 8.67. The van der Waals surface area contributed by atoms with Gasteiger partial charge < -0.3 is 10.4 Å². The molecular weight excluding hydrogens is 230 g/mol. The highest BCUT2D eigenvalue weighted by atomic mass is 16.3. The quantitative estimate of drug-likeness (QED) is 0.756. The van der Waals surface area contributed by atoms with Gasteiger partial charge in [0, 0.05) is 17.7 Å². The highest BCUT2D eigenvalue weighted by molar-refractivity contribution is 5.94. The molecule has 0 aliphatic heterocycles. The van der Waals surface area contributed by atoms with E-state index in [4.69, 9.17) is 0 Å². The minimum atomic E-state index is -0.119. The second-order valence-corrected chi connectivity index (χ2v) is 5.31. The SMILES string of the molecule is Cc1[nH]ncc1C(=O)NCC1(CO)CCCCC1. The van der Waals surface area contributed by atoms with E-state index < -0.39 is 0 Å². The molecule has 0 atom stereocenters. The molecule has 3 N–H and O–H groups in total. The monoisotopic (exact) mass is 251 g/mol. The summed E-state index contributed by atoms with van der Waals surface area (Å²) in [6, 6.07) is 0. The molecule has 0 saturated heterocycles. The number of amides is 1. The van der Waals surface area contributed by atoms with Gasteiger partial charge in [-0.15, -0.1) is 0 Å². The van der Waals surface area contributed by atoms with Crippen molar-refractivity contribution >= 4 is 5.91 Å². The molecule has 2 rings (SSSR count). The Kier molecular flexibility index (Phi) is 4.01. The molecular formula is C13H21N3O2. The molecule has 1 saturated carbocycles. The van der Waals surface area contributed by atoms with Crippen LogP contribution in [0.2, 0.25) is 0 Å². The molecule has 0 aromatic carbocycles. The van der Waals surface area contributed by atoms with Gasteiger partial charge in [0.2, 0.25) is 0 Å². The molecule has 0 bridgehead atoms. The molecule has 0 radical (unpaired) electrons. The number of carbonyl (C=O) groups excluding carboxylic acids is 1. The summed E-state index contributed by atoms with van der Waals surface area (Å²) in [5.74, 6) is -0.111. The van der Waals surface area contributed by atoms with E-state index in [1.165, 1.54) is 12.6 Å². The van der Waals surface area contributed by atoms with Gasteiger partial charge in [-0.1, -0.05) is 19.3 Å². The minimum absolute atomic E-state index is 0.111. The molecule has 5 nitrogen and oxygen atoms in total. The molecule has 1 aromatic heterocycles. The van der Waals surface area contributed by atoms with Crippen molar-refractivity contribution in [3.63, 3.8) is 0 Å². The Morgan fingerprint density at radius 3 is 2.78 bits per heavy atom. The van der Waals surface area contributed by atoms with Crippen molar-refractivity contribution in [1.29, 1.82) is 0 Å². The summed E-state index contributed by atoms with van der Waals surface area (Å²) in [4.78, 5) is 12.0. The van der Waals surface area contributed by atoms with Crippen LogP contribution in [0.25, 0.3) is 0 Å². The molecule has 1 heterocycles. The number of H-pyrrole nitrogens is 1. The summed E-state index contributed by atoms with van der Waals surface area (Å²) in [7, 11) is 0. The number of aliphatic hydroxyl groups is 1. The highest BCUT2D eigenvalue weighted by Crippen LogP contribution is 2.35. The van der Waals surface area contributed by atoms with Crippen LogP contribution in [0.3, 0.4) is 0 Å². The lowest BCUT2D eigenvalue weighted by molar-refractivity contribution is 0.0718. The van der Waals surface area contributed by atoms with Crippen LogP contribution in [0, 0.1) is 12.3 Å². The van der Waals surface area contributed by atoms with Gasteiger partial charge in [0.25, 0.3) is 5.91 Å². The van der Waals surface area contributed by atoms with Crippen molar-refractivity contribution in [3.8, 4) is 0 Å². The number of aromatic nitrogens is 2. The van der Waals surface area contributed by atoms with Crippen LogP contribution < -0.4 is 5.32 Å². The number of rotatable bonds is 4. The standard InChI is InChI=1S/C13H21N3O2/c1-10-11(7-15-16-10)12(18)14-8-13(9-17)5-3-2-4-6-13/h7,17H,2-6,8-9H2,1H3,(H,14,18)(H,15,16). The normalized spacial score (nSPS) is 18.6. The predicted molar refractivity (Wildman–Crippen MR) is 68.3 cm³/mol. The number of hydrogen-bond donors (Lipinski definition) is 3. The van der Waals surface area contributed by atoms with Crippen molar-refractivity contribution < 1.29 is 9.90 Å². The molecule has 100 valence electrons. The third-order valence-electron chi connectivity index (χ3n) is 3.95. The smallest absolute Gasteiger partial charge is 0.254 e. The topological polar surface area (TPSA) is 78.0 Å². The second-order valence-electron chi connectivity index (χ2n) is 5.31. The van der Waals surface area contributed by atoms with Gasteiger partial charge in [0.15, 0.2) is 0 Å². The van der Waals surface area contributed by atoms with E-state index in [1.807, 2.05) is 6.92 Å². The van der Waals surface area contributed by atoms with E-state index in [0.29, 0.717) is 12.1 Å². The van der Waals surface area contributed by atoms with E-state index in [2.05, 4.69) is 15.5 Å². The number of aromatic amines is 1. The van der Waals surface area contributed by atoms with E-state index in [9.17, 15) is 9.90 Å². The third kappa shape index (κ3) is 2.72. The lowest BCUT2D eigenvalue weighted by Crippen LogP contribution is -2.41. The van der Waals surface area contributed by atoms with Gasteiger partial charge in [-0.05, 0) is 19.8 Å². The Morgan fingerprint density at radius 2 is 2.22 bits per heavy atom. The van der Waals surface area contributed by atoms with Crippen molar-refractivity contribution in [2.75, 3.05) is 13.2 Å². The number of aryl methyl sites for hydroxylation is 1. The zero-order valence-electron chi connectivity index (χ0n) is 10.8. The Hall–Kier alpha value is -1.36.